The third-order valence-electron chi connectivity index (χ3n) is 2.46. The molecular weight excluding hydrogens is 221 g/mol. The van der Waals surface area contributed by atoms with Gasteiger partial charge in [-0.1, -0.05) is 6.07 Å². The molecule has 0 saturated heterocycles. The molecule has 17 heavy (non-hydrogen) atoms. The molecule has 0 aliphatic rings. The largest absolute Gasteiger partial charge is 0.375 e. The molecule has 0 atom stereocenters. The number of nitriles is 1. The Bertz CT molecular complexity index is 454. The Morgan fingerprint density at radius 1 is 1.59 bits per heavy atom. The Hall–Kier alpha value is -2.09. The van der Waals surface area contributed by atoms with Crippen molar-refractivity contribution >= 4 is 11.6 Å². The second kappa shape index (κ2) is 5.85. The molecule has 1 aromatic rings. The van der Waals surface area contributed by atoms with Crippen molar-refractivity contribution in [2.75, 3.05) is 25.5 Å². The zero-order valence-corrected chi connectivity index (χ0v) is 9.83. The third-order valence-corrected chi connectivity index (χ3v) is 2.46. The predicted molar refractivity (Wildman–Crippen MR) is 62.9 cm³/mol. The smallest absolute Gasteiger partial charge is 0.241 e. The van der Waals surface area contributed by atoms with Gasteiger partial charge in [0, 0.05) is 13.6 Å². The molecule has 0 saturated carbocycles. The molecule has 5 heteroatoms. The monoisotopic (exact) mass is 235 g/mol. The van der Waals surface area contributed by atoms with Crippen molar-refractivity contribution in [3.63, 3.8) is 0 Å². The first-order chi connectivity index (χ1) is 8.10. The van der Waals surface area contributed by atoms with Crippen LogP contribution in [0.5, 0.6) is 0 Å². The minimum absolute atomic E-state index is 0.0441. The first-order valence-corrected chi connectivity index (χ1v) is 5.26. The van der Waals surface area contributed by atoms with E-state index in [9.17, 15) is 9.18 Å². The Kier molecular flexibility index (Phi) is 4.46. The van der Waals surface area contributed by atoms with E-state index in [1.807, 2.05) is 6.92 Å². The van der Waals surface area contributed by atoms with Crippen LogP contribution in [0.2, 0.25) is 0 Å². The topological polar surface area (TPSA) is 56.1 Å². The van der Waals surface area contributed by atoms with Crippen molar-refractivity contribution in [1.29, 1.82) is 5.26 Å². The maximum absolute atomic E-state index is 13.2. The molecule has 0 aliphatic carbocycles. The number of halogens is 1. The molecule has 1 rings (SSSR count). The minimum atomic E-state index is -0.589. The number of nitrogens with one attached hydrogen (secondary N) is 1. The van der Waals surface area contributed by atoms with E-state index in [2.05, 4.69) is 5.32 Å². The molecule has 0 spiro atoms. The van der Waals surface area contributed by atoms with Crippen LogP contribution in [-0.2, 0) is 4.79 Å². The summed E-state index contributed by atoms with van der Waals surface area (Å²) in [6.07, 6.45) is 0. The third kappa shape index (κ3) is 3.18. The van der Waals surface area contributed by atoms with Gasteiger partial charge in [-0.2, -0.15) is 5.26 Å². The van der Waals surface area contributed by atoms with E-state index in [-0.39, 0.29) is 18.0 Å². The second-order valence-electron chi connectivity index (χ2n) is 3.54. The van der Waals surface area contributed by atoms with Gasteiger partial charge in [-0.3, -0.25) is 4.79 Å². The highest BCUT2D eigenvalue weighted by Crippen LogP contribution is 2.17. The Morgan fingerprint density at radius 3 is 2.88 bits per heavy atom. The van der Waals surface area contributed by atoms with Gasteiger partial charge in [-0.15, -0.1) is 0 Å². The van der Waals surface area contributed by atoms with E-state index in [0.29, 0.717) is 12.2 Å². The van der Waals surface area contributed by atoms with Crippen molar-refractivity contribution < 1.29 is 9.18 Å². The lowest BCUT2D eigenvalue weighted by atomic mass is 10.2. The van der Waals surface area contributed by atoms with Crippen molar-refractivity contribution in [1.82, 2.24) is 4.90 Å². The lowest BCUT2D eigenvalue weighted by molar-refractivity contribution is -0.127. The van der Waals surface area contributed by atoms with Crippen molar-refractivity contribution in [3.8, 4) is 6.07 Å². The van der Waals surface area contributed by atoms with Crippen molar-refractivity contribution in [2.24, 2.45) is 0 Å². The summed E-state index contributed by atoms with van der Waals surface area (Å²) in [6.45, 7) is 2.51. The van der Waals surface area contributed by atoms with Crippen LogP contribution in [0.25, 0.3) is 0 Å². The average Bonchev–Trinajstić information content (AvgIpc) is 2.34. The maximum atomic E-state index is 13.2. The number of nitrogens with zero attached hydrogens (tertiary/aromatic N) is 2. The number of anilines is 1. The molecule has 0 aromatic heterocycles. The number of hydrogen-bond acceptors (Lipinski definition) is 3. The van der Waals surface area contributed by atoms with Crippen LogP contribution in [0, 0.1) is 17.1 Å². The highest BCUT2D eigenvalue weighted by Gasteiger charge is 2.10. The van der Waals surface area contributed by atoms with Crippen LogP contribution < -0.4 is 5.32 Å². The summed E-state index contributed by atoms with van der Waals surface area (Å²) in [5.41, 5.74) is 0.268. The summed E-state index contributed by atoms with van der Waals surface area (Å²) in [6, 6.07) is 6.04. The molecule has 90 valence electrons. The second-order valence-corrected chi connectivity index (χ2v) is 3.54. The fraction of sp³-hybridized carbons (Fsp3) is 0.333. The molecule has 0 radical (unpaired) electrons. The lowest BCUT2D eigenvalue weighted by Crippen LogP contribution is -2.32. The zero-order valence-electron chi connectivity index (χ0n) is 9.83. The average molecular weight is 235 g/mol. The number of amides is 1. The summed E-state index contributed by atoms with van der Waals surface area (Å²) in [7, 11) is 1.68. The summed E-state index contributed by atoms with van der Waals surface area (Å²) in [5, 5.41) is 11.6. The number of carbonyl (C=O) groups is 1. The quantitative estimate of drug-likeness (QED) is 0.862. The van der Waals surface area contributed by atoms with Gasteiger partial charge in [-0.25, -0.2) is 4.39 Å². The fourth-order valence-electron chi connectivity index (χ4n) is 1.27. The van der Waals surface area contributed by atoms with Gasteiger partial charge >= 0.3 is 0 Å². The van der Waals surface area contributed by atoms with E-state index >= 15 is 0 Å². The normalized spacial score (nSPS) is 9.53. The van der Waals surface area contributed by atoms with Gasteiger partial charge in [0.2, 0.25) is 5.91 Å². The van der Waals surface area contributed by atoms with Crippen molar-refractivity contribution in [3.05, 3.63) is 29.6 Å². The molecule has 1 aromatic carbocycles. The minimum Gasteiger partial charge on any atom is -0.375 e. The Balaban J connectivity index is 2.74. The van der Waals surface area contributed by atoms with Gasteiger partial charge in [0.15, 0.2) is 0 Å². The predicted octanol–water partition coefficient (Wildman–Crippen LogP) is 1.59. The number of likely N-dealkylation sites (N-methyl/N-ethyl adjacent to an activating group) is 1. The van der Waals surface area contributed by atoms with Crippen LogP contribution in [0.3, 0.4) is 0 Å². The maximum Gasteiger partial charge on any atom is 0.241 e. The fourth-order valence-corrected chi connectivity index (χ4v) is 1.27. The van der Waals surface area contributed by atoms with Crippen LogP contribution in [0.1, 0.15) is 12.5 Å². The Morgan fingerprint density at radius 2 is 2.29 bits per heavy atom. The van der Waals surface area contributed by atoms with E-state index in [1.54, 1.807) is 24.1 Å². The highest BCUT2D eigenvalue weighted by molar-refractivity contribution is 5.81. The van der Waals surface area contributed by atoms with Gasteiger partial charge < -0.3 is 10.2 Å². The van der Waals surface area contributed by atoms with Crippen LogP contribution >= 0.6 is 0 Å². The molecule has 0 aliphatic heterocycles. The number of rotatable bonds is 4. The SMILES string of the molecule is CCN(C)C(=O)CNc1cccc(F)c1C#N. The standard InChI is InChI=1S/C12H14FN3O/c1-3-16(2)12(17)8-15-11-6-4-5-10(13)9(11)7-14/h4-6,15H,3,8H2,1-2H3. The summed E-state index contributed by atoms with van der Waals surface area (Å²) < 4.78 is 13.2. The van der Waals surface area contributed by atoms with Crippen LogP contribution in [-0.4, -0.2) is 30.9 Å². The first kappa shape index (κ1) is 13.0. The molecule has 4 nitrogen and oxygen atoms in total. The number of benzene rings is 1. The lowest BCUT2D eigenvalue weighted by Gasteiger charge is -2.15. The molecule has 0 unspecified atom stereocenters. The van der Waals surface area contributed by atoms with Crippen LogP contribution in [0.15, 0.2) is 18.2 Å². The van der Waals surface area contributed by atoms with E-state index < -0.39 is 5.82 Å². The summed E-state index contributed by atoms with van der Waals surface area (Å²) in [5.74, 6) is -0.700. The first-order valence-electron chi connectivity index (χ1n) is 5.26. The molecule has 0 fully saturated rings. The summed E-state index contributed by atoms with van der Waals surface area (Å²) >= 11 is 0. The molecule has 1 amide bonds. The Labute approximate surface area is 99.7 Å². The molecule has 1 N–H and O–H groups in total. The van der Waals surface area contributed by atoms with Gasteiger partial charge in [0.25, 0.3) is 0 Å². The number of carbonyl (C=O) groups excluding carboxylic acids is 1. The number of hydrogen-bond donors (Lipinski definition) is 1. The van der Waals surface area contributed by atoms with Crippen molar-refractivity contribution in [2.45, 2.75) is 6.92 Å². The molecule has 0 bridgehead atoms. The van der Waals surface area contributed by atoms with Crippen LogP contribution in [0.4, 0.5) is 10.1 Å². The molecule has 0 heterocycles. The van der Waals surface area contributed by atoms with Gasteiger partial charge in [0.05, 0.1) is 12.2 Å². The van der Waals surface area contributed by atoms with E-state index in [0.717, 1.165) is 0 Å². The van der Waals surface area contributed by atoms with E-state index in [1.165, 1.54) is 12.1 Å². The summed E-state index contributed by atoms with van der Waals surface area (Å²) in [4.78, 5) is 13.1. The highest BCUT2D eigenvalue weighted by atomic mass is 19.1. The van der Waals surface area contributed by atoms with Gasteiger partial charge in [-0.05, 0) is 19.1 Å². The van der Waals surface area contributed by atoms with Gasteiger partial charge in [0.1, 0.15) is 17.4 Å². The molecular formula is C12H14FN3O. The zero-order chi connectivity index (χ0) is 12.8. The van der Waals surface area contributed by atoms with E-state index in [4.69, 9.17) is 5.26 Å².